The van der Waals surface area contributed by atoms with Gasteiger partial charge in [0, 0.05) is 13.0 Å². The summed E-state index contributed by atoms with van der Waals surface area (Å²) in [7, 11) is 0. The van der Waals surface area contributed by atoms with E-state index in [-0.39, 0.29) is 13.0 Å². The zero-order valence-electron chi connectivity index (χ0n) is 10.00. The van der Waals surface area contributed by atoms with Crippen LogP contribution < -0.4 is 11.2 Å². The summed E-state index contributed by atoms with van der Waals surface area (Å²) in [5.74, 6) is -0.892. The number of aliphatic carboxylic acids is 1. The fourth-order valence-corrected chi connectivity index (χ4v) is 1.53. The molecule has 1 aromatic heterocycles. The second kappa shape index (κ2) is 6.47. The summed E-state index contributed by atoms with van der Waals surface area (Å²) in [5.41, 5.74) is -2.43. The molecule has 0 aliphatic heterocycles. The van der Waals surface area contributed by atoms with Crippen LogP contribution in [-0.2, 0) is 11.3 Å². The fraction of sp³-hybridized carbons (Fsp3) is 0.500. The third-order valence-electron chi connectivity index (χ3n) is 2.48. The first kappa shape index (κ1) is 14.6. The van der Waals surface area contributed by atoms with Crippen LogP contribution in [0.15, 0.2) is 15.8 Å². The summed E-state index contributed by atoms with van der Waals surface area (Å²) < 4.78 is 1.04. The van der Waals surface area contributed by atoms with Crippen LogP contribution in [0.3, 0.4) is 0 Å². The van der Waals surface area contributed by atoms with Gasteiger partial charge in [0.25, 0.3) is 0 Å². The van der Waals surface area contributed by atoms with Crippen LogP contribution in [0.5, 0.6) is 0 Å². The monoisotopic (exact) mass is 271 g/mol. The molecule has 1 heterocycles. The molecule has 0 aliphatic carbocycles. The quantitative estimate of drug-likeness (QED) is 0.410. The van der Waals surface area contributed by atoms with Gasteiger partial charge in [0.15, 0.2) is 0 Å². The lowest BCUT2D eigenvalue weighted by Crippen LogP contribution is -2.30. The Bertz CT molecular complexity index is 588. The third-order valence-corrected chi connectivity index (χ3v) is 2.48. The minimum Gasteiger partial charge on any atom is -0.481 e. The fourth-order valence-electron chi connectivity index (χ4n) is 1.53. The van der Waals surface area contributed by atoms with Crippen molar-refractivity contribution in [3.8, 4) is 0 Å². The van der Waals surface area contributed by atoms with Gasteiger partial charge in [-0.25, -0.2) is 4.79 Å². The van der Waals surface area contributed by atoms with Crippen molar-refractivity contribution in [3.63, 3.8) is 0 Å². The summed E-state index contributed by atoms with van der Waals surface area (Å²) in [6, 6.07) is 0. The highest BCUT2D eigenvalue weighted by Gasteiger charge is 2.14. The lowest BCUT2D eigenvalue weighted by Gasteiger charge is -2.03. The molecule has 1 rings (SSSR count). The predicted molar refractivity (Wildman–Crippen MR) is 64.1 cm³/mol. The lowest BCUT2D eigenvalue weighted by molar-refractivity contribution is -0.386. The van der Waals surface area contributed by atoms with E-state index in [9.17, 15) is 24.5 Å². The first-order chi connectivity index (χ1) is 8.91. The van der Waals surface area contributed by atoms with Gasteiger partial charge in [-0.1, -0.05) is 6.42 Å². The average Bonchev–Trinajstić information content (AvgIpc) is 2.30. The van der Waals surface area contributed by atoms with Crippen molar-refractivity contribution < 1.29 is 14.8 Å². The summed E-state index contributed by atoms with van der Waals surface area (Å²) in [6.45, 7) is 0.191. The van der Waals surface area contributed by atoms with Gasteiger partial charge in [0.1, 0.15) is 0 Å². The van der Waals surface area contributed by atoms with Crippen molar-refractivity contribution in [2.45, 2.75) is 32.2 Å². The highest BCUT2D eigenvalue weighted by atomic mass is 16.6. The van der Waals surface area contributed by atoms with E-state index in [4.69, 9.17) is 5.11 Å². The summed E-state index contributed by atoms with van der Waals surface area (Å²) >= 11 is 0. The molecule has 0 radical (unpaired) electrons. The molecule has 0 amide bonds. The molecule has 1 aromatic rings. The van der Waals surface area contributed by atoms with Crippen molar-refractivity contribution in [1.29, 1.82) is 0 Å². The molecule has 9 nitrogen and oxygen atoms in total. The number of carboxylic acids is 1. The molecule has 9 heteroatoms. The van der Waals surface area contributed by atoms with Gasteiger partial charge in [-0.15, -0.1) is 0 Å². The predicted octanol–water partition coefficient (Wildman–Crippen LogP) is 0.0898. The Morgan fingerprint density at radius 3 is 2.63 bits per heavy atom. The Hall–Kier alpha value is -2.45. The van der Waals surface area contributed by atoms with E-state index < -0.39 is 27.8 Å². The van der Waals surface area contributed by atoms with E-state index in [0.29, 0.717) is 19.3 Å². The second-order valence-electron chi connectivity index (χ2n) is 3.93. The number of H-pyrrole nitrogens is 1. The van der Waals surface area contributed by atoms with Crippen LogP contribution >= 0.6 is 0 Å². The van der Waals surface area contributed by atoms with Crippen molar-refractivity contribution in [2.24, 2.45) is 0 Å². The van der Waals surface area contributed by atoms with Gasteiger partial charge in [-0.05, 0) is 12.8 Å². The molecule has 0 saturated carbocycles. The van der Waals surface area contributed by atoms with Gasteiger partial charge >= 0.3 is 22.9 Å². The van der Waals surface area contributed by atoms with Gasteiger partial charge < -0.3 is 5.11 Å². The topological polar surface area (TPSA) is 135 Å². The van der Waals surface area contributed by atoms with Crippen LogP contribution in [0.4, 0.5) is 5.69 Å². The molecule has 0 fully saturated rings. The Morgan fingerprint density at radius 2 is 2.05 bits per heavy atom. The molecule has 0 bridgehead atoms. The highest BCUT2D eigenvalue weighted by molar-refractivity contribution is 5.66. The highest BCUT2D eigenvalue weighted by Crippen LogP contribution is 2.03. The number of hydrogen-bond acceptors (Lipinski definition) is 5. The van der Waals surface area contributed by atoms with Gasteiger partial charge in [-0.2, -0.15) is 0 Å². The molecule has 0 aromatic carbocycles. The molecule has 0 saturated heterocycles. The zero-order valence-corrected chi connectivity index (χ0v) is 10.00. The Kier molecular flexibility index (Phi) is 4.98. The van der Waals surface area contributed by atoms with Crippen molar-refractivity contribution >= 4 is 11.7 Å². The molecule has 2 N–H and O–H groups in total. The van der Waals surface area contributed by atoms with Crippen LogP contribution in [0.2, 0.25) is 0 Å². The number of carboxylic acid groups (broad SMARTS) is 1. The van der Waals surface area contributed by atoms with E-state index in [2.05, 4.69) is 0 Å². The number of aromatic amines is 1. The SMILES string of the molecule is O=C(O)CCCCCn1cc([N+](=O)[O-])c(=O)[nH]c1=O. The second-order valence-corrected chi connectivity index (χ2v) is 3.93. The molecule has 0 unspecified atom stereocenters. The number of carbonyl (C=O) groups is 1. The number of rotatable bonds is 7. The minimum atomic E-state index is -1.03. The maximum Gasteiger partial charge on any atom is 0.350 e. The Balaban J connectivity index is 2.66. The molecular weight excluding hydrogens is 258 g/mol. The largest absolute Gasteiger partial charge is 0.481 e. The van der Waals surface area contributed by atoms with E-state index in [0.717, 1.165) is 10.8 Å². The third kappa shape index (κ3) is 4.37. The number of nitrogens with zero attached hydrogens (tertiary/aromatic N) is 2. The number of unbranched alkanes of at least 4 members (excludes halogenated alkanes) is 2. The van der Waals surface area contributed by atoms with E-state index in [1.165, 1.54) is 0 Å². The summed E-state index contributed by atoms with van der Waals surface area (Å²) in [6.07, 6.45) is 2.48. The first-order valence-corrected chi connectivity index (χ1v) is 5.61. The summed E-state index contributed by atoms with van der Waals surface area (Å²) in [5, 5.41) is 19.0. The standard InChI is InChI=1S/C10H13N3O6/c14-8(15)4-2-1-3-5-12-6-7(13(18)19)9(16)11-10(12)17/h6H,1-5H2,(H,14,15)(H,11,16,17). The number of aryl methyl sites for hydroxylation is 1. The smallest absolute Gasteiger partial charge is 0.350 e. The molecule has 0 aliphatic rings. The zero-order chi connectivity index (χ0) is 14.4. The number of nitrogens with one attached hydrogen (secondary N) is 1. The van der Waals surface area contributed by atoms with E-state index in [1.54, 1.807) is 0 Å². The molecule has 0 spiro atoms. The van der Waals surface area contributed by atoms with Crippen molar-refractivity contribution in [1.82, 2.24) is 9.55 Å². The average molecular weight is 271 g/mol. The van der Waals surface area contributed by atoms with Crippen LogP contribution in [0.1, 0.15) is 25.7 Å². The molecule has 0 atom stereocenters. The lowest BCUT2D eigenvalue weighted by atomic mass is 10.2. The van der Waals surface area contributed by atoms with Crippen molar-refractivity contribution in [2.75, 3.05) is 0 Å². The van der Waals surface area contributed by atoms with E-state index in [1.807, 2.05) is 4.98 Å². The van der Waals surface area contributed by atoms with Gasteiger partial charge in [0.05, 0.1) is 11.1 Å². The molecular formula is C10H13N3O6. The maximum atomic E-state index is 11.4. The normalized spacial score (nSPS) is 10.3. The Morgan fingerprint density at radius 1 is 1.37 bits per heavy atom. The van der Waals surface area contributed by atoms with Crippen LogP contribution in [-0.4, -0.2) is 25.6 Å². The number of nitro groups is 1. The Labute approximate surface area is 106 Å². The molecule has 19 heavy (non-hydrogen) atoms. The first-order valence-electron chi connectivity index (χ1n) is 5.61. The van der Waals surface area contributed by atoms with E-state index >= 15 is 0 Å². The summed E-state index contributed by atoms with van der Waals surface area (Å²) in [4.78, 5) is 44.3. The molecule has 104 valence electrons. The van der Waals surface area contributed by atoms with Gasteiger partial charge in [-0.3, -0.25) is 29.3 Å². The maximum absolute atomic E-state index is 11.4. The number of hydrogen-bond donors (Lipinski definition) is 2. The van der Waals surface area contributed by atoms with Crippen LogP contribution in [0, 0.1) is 10.1 Å². The minimum absolute atomic E-state index is 0.0423. The van der Waals surface area contributed by atoms with Crippen molar-refractivity contribution in [3.05, 3.63) is 37.1 Å². The number of aromatic nitrogens is 2. The van der Waals surface area contributed by atoms with Gasteiger partial charge in [0.2, 0.25) is 0 Å². The van der Waals surface area contributed by atoms with Crippen LogP contribution in [0.25, 0.3) is 0 Å².